The average Bonchev–Trinajstić information content (AvgIpc) is 2.60. The molecule has 1 aliphatic carbocycles. The fourth-order valence-electron chi connectivity index (χ4n) is 4.41. The molecule has 5 nitrogen and oxygen atoms in total. The standard InChI is InChI=1S/C20H31N3O2/c1-14(24)12-22-13-19(25)23-10-9-16-11-17(21)7-8-18(16)20(23)15-5-3-2-4-6-15/h7-8,11,14-15,20,22,24H,2-6,9-10,12-13,21H2,1H3/t14-,20?/m1/s1. The number of nitrogens with one attached hydrogen (secondary N) is 1. The normalized spacial score (nSPS) is 22.5. The number of carbonyl (C=O) groups excluding carboxylic acids is 1. The van der Waals surface area contributed by atoms with E-state index in [4.69, 9.17) is 5.73 Å². The van der Waals surface area contributed by atoms with Crippen molar-refractivity contribution < 1.29 is 9.90 Å². The predicted octanol–water partition coefficient (Wildman–Crippen LogP) is 2.25. The molecule has 0 aromatic heterocycles. The van der Waals surface area contributed by atoms with E-state index in [0.29, 0.717) is 19.0 Å². The SMILES string of the molecule is C[C@@H](O)CNCC(=O)N1CCc2cc(N)ccc2C1C1CCCCC1. The summed E-state index contributed by atoms with van der Waals surface area (Å²) >= 11 is 0. The molecule has 1 aliphatic heterocycles. The number of aliphatic hydroxyl groups is 1. The average molecular weight is 345 g/mol. The van der Waals surface area contributed by atoms with Crippen LogP contribution in [0.25, 0.3) is 0 Å². The Hall–Kier alpha value is -1.59. The lowest BCUT2D eigenvalue weighted by Crippen LogP contribution is -2.47. The van der Waals surface area contributed by atoms with Crippen LogP contribution in [0, 0.1) is 5.92 Å². The van der Waals surface area contributed by atoms with Crippen molar-refractivity contribution in [3.63, 3.8) is 0 Å². The van der Waals surface area contributed by atoms with E-state index in [-0.39, 0.29) is 11.9 Å². The Morgan fingerprint density at radius 2 is 2.12 bits per heavy atom. The Morgan fingerprint density at radius 1 is 1.36 bits per heavy atom. The van der Waals surface area contributed by atoms with Crippen LogP contribution in [0.5, 0.6) is 0 Å². The van der Waals surface area contributed by atoms with Crippen molar-refractivity contribution in [3.05, 3.63) is 29.3 Å². The first-order valence-corrected chi connectivity index (χ1v) is 9.63. The molecule has 1 fully saturated rings. The van der Waals surface area contributed by atoms with Gasteiger partial charge < -0.3 is 21.1 Å². The number of nitrogens with two attached hydrogens (primary N) is 1. The number of amides is 1. The van der Waals surface area contributed by atoms with Crippen LogP contribution < -0.4 is 11.1 Å². The van der Waals surface area contributed by atoms with Crippen molar-refractivity contribution >= 4 is 11.6 Å². The minimum Gasteiger partial charge on any atom is -0.399 e. The molecule has 2 aliphatic rings. The zero-order chi connectivity index (χ0) is 17.8. The molecule has 1 aromatic rings. The van der Waals surface area contributed by atoms with E-state index in [1.54, 1.807) is 6.92 Å². The molecule has 0 saturated heterocycles. The minimum atomic E-state index is -0.438. The number of hydrogen-bond donors (Lipinski definition) is 3. The largest absolute Gasteiger partial charge is 0.399 e. The van der Waals surface area contributed by atoms with E-state index in [1.165, 1.54) is 43.2 Å². The van der Waals surface area contributed by atoms with Gasteiger partial charge in [0, 0.05) is 18.8 Å². The van der Waals surface area contributed by atoms with Gasteiger partial charge in [-0.3, -0.25) is 4.79 Å². The molecule has 1 heterocycles. The van der Waals surface area contributed by atoms with Crippen molar-refractivity contribution in [2.75, 3.05) is 25.4 Å². The molecule has 1 amide bonds. The van der Waals surface area contributed by atoms with Gasteiger partial charge in [-0.1, -0.05) is 25.3 Å². The first-order valence-electron chi connectivity index (χ1n) is 9.63. The molecule has 4 N–H and O–H groups in total. The van der Waals surface area contributed by atoms with Gasteiger partial charge in [0.15, 0.2) is 0 Å². The maximum atomic E-state index is 12.9. The molecule has 1 saturated carbocycles. The van der Waals surface area contributed by atoms with E-state index in [1.807, 2.05) is 6.07 Å². The Balaban J connectivity index is 1.81. The number of aliphatic hydroxyl groups excluding tert-OH is 1. The monoisotopic (exact) mass is 345 g/mol. The lowest BCUT2D eigenvalue weighted by molar-refractivity contribution is -0.134. The third kappa shape index (κ3) is 4.33. The summed E-state index contributed by atoms with van der Waals surface area (Å²) < 4.78 is 0. The molecule has 1 aromatic carbocycles. The van der Waals surface area contributed by atoms with E-state index >= 15 is 0 Å². The maximum absolute atomic E-state index is 12.9. The smallest absolute Gasteiger partial charge is 0.237 e. The molecule has 25 heavy (non-hydrogen) atoms. The van der Waals surface area contributed by atoms with Crippen LogP contribution in [0.2, 0.25) is 0 Å². The third-order valence-electron chi connectivity index (χ3n) is 5.58. The second-order valence-electron chi connectivity index (χ2n) is 7.62. The summed E-state index contributed by atoms with van der Waals surface area (Å²) in [7, 11) is 0. The summed E-state index contributed by atoms with van der Waals surface area (Å²) in [4.78, 5) is 14.9. The summed E-state index contributed by atoms with van der Waals surface area (Å²) in [5, 5.41) is 12.5. The molecule has 2 atom stereocenters. The summed E-state index contributed by atoms with van der Waals surface area (Å²) in [6, 6.07) is 6.35. The number of carbonyl (C=O) groups is 1. The van der Waals surface area contributed by atoms with Gasteiger partial charge in [-0.25, -0.2) is 0 Å². The van der Waals surface area contributed by atoms with Gasteiger partial charge in [-0.2, -0.15) is 0 Å². The second-order valence-corrected chi connectivity index (χ2v) is 7.62. The van der Waals surface area contributed by atoms with Crippen molar-refractivity contribution in [2.24, 2.45) is 5.92 Å². The first kappa shape index (κ1) is 18.2. The number of rotatable bonds is 5. The second kappa shape index (κ2) is 8.19. The third-order valence-corrected chi connectivity index (χ3v) is 5.58. The van der Waals surface area contributed by atoms with Gasteiger partial charge in [-0.15, -0.1) is 0 Å². The highest BCUT2D eigenvalue weighted by Gasteiger charge is 2.36. The van der Waals surface area contributed by atoms with Gasteiger partial charge in [-0.05, 0) is 55.4 Å². The number of fused-ring (bicyclic) bond motifs is 1. The first-order chi connectivity index (χ1) is 12.1. The van der Waals surface area contributed by atoms with Crippen LogP contribution in [0.3, 0.4) is 0 Å². The van der Waals surface area contributed by atoms with Gasteiger partial charge in [0.25, 0.3) is 0 Å². The maximum Gasteiger partial charge on any atom is 0.237 e. The zero-order valence-corrected chi connectivity index (χ0v) is 15.2. The summed E-state index contributed by atoms with van der Waals surface area (Å²) in [5.74, 6) is 0.677. The van der Waals surface area contributed by atoms with E-state index < -0.39 is 6.10 Å². The van der Waals surface area contributed by atoms with Gasteiger partial charge in [0.05, 0.1) is 18.7 Å². The van der Waals surface area contributed by atoms with Gasteiger partial charge >= 0.3 is 0 Å². The molecule has 5 heteroatoms. The van der Waals surface area contributed by atoms with Crippen molar-refractivity contribution in [3.8, 4) is 0 Å². The van der Waals surface area contributed by atoms with Crippen LogP contribution in [0.1, 0.15) is 56.2 Å². The summed E-state index contributed by atoms with van der Waals surface area (Å²) in [6.45, 7) is 3.22. The lowest BCUT2D eigenvalue weighted by Gasteiger charge is -2.43. The zero-order valence-electron chi connectivity index (χ0n) is 15.2. The van der Waals surface area contributed by atoms with Crippen LogP contribution in [0.15, 0.2) is 18.2 Å². The Morgan fingerprint density at radius 3 is 2.84 bits per heavy atom. The highest BCUT2D eigenvalue weighted by atomic mass is 16.3. The quantitative estimate of drug-likeness (QED) is 0.715. The highest BCUT2D eigenvalue weighted by Crippen LogP contribution is 2.42. The van der Waals surface area contributed by atoms with Gasteiger partial charge in [0.2, 0.25) is 5.91 Å². The van der Waals surface area contributed by atoms with E-state index in [0.717, 1.165) is 18.7 Å². The topological polar surface area (TPSA) is 78.6 Å². The van der Waals surface area contributed by atoms with Crippen molar-refractivity contribution in [1.82, 2.24) is 10.2 Å². The number of benzene rings is 1. The van der Waals surface area contributed by atoms with Crippen LogP contribution in [0.4, 0.5) is 5.69 Å². The lowest BCUT2D eigenvalue weighted by atomic mass is 9.77. The summed E-state index contributed by atoms with van der Waals surface area (Å²) in [5.41, 5.74) is 9.38. The van der Waals surface area contributed by atoms with E-state index in [2.05, 4.69) is 22.3 Å². The van der Waals surface area contributed by atoms with Crippen molar-refractivity contribution in [2.45, 2.75) is 57.6 Å². The number of nitrogens with zero attached hydrogens (tertiary/aromatic N) is 1. The number of anilines is 1. The Kier molecular flexibility index (Phi) is 5.97. The van der Waals surface area contributed by atoms with Crippen LogP contribution in [-0.2, 0) is 11.2 Å². The van der Waals surface area contributed by atoms with E-state index in [9.17, 15) is 9.90 Å². The number of nitrogen functional groups attached to an aromatic ring is 1. The molecular weight excluding hydrogens is 314 g/mol. The molecular formula is C20H31N3O2. The molecule has 0 bridgehead atoms. The number of hydrogen-bond acceptors (Lipinski definition) is 4. The molecule has 0 radical (unpaired) electrons. The highest BCUT2D eigenvalue weighted by molar-refractivity contribution is 5.79. The minimum absolute atomic E-state index is 0.138. The fraction of sp³-hybridized carbons (Fsp3) is 0.650. The van der Waals surface area contributed by atoms with Crippen LogP contribution in [-0.4, -0.2) is 41.7 Å². The predicted molar refractivity (Wildman–Crippen MR) is 100 cm³/mol. The van der Waals surface area contributed by atoms with Crippen LogP contribution >= 0.6 is 0 Å². The van der Waals surface area contributed by atoms with Crippen molar-refractivity contribution in [1.29, 1.82) is 0 Å². The Labute approximate surface area is 150 Å². The summed E-state index contributed by atoms with van der Waals surface area (Å²) in [6.07, 6.45) is 6.64. The molecule has 1 unspecified atom stereocenters. The molecule has 3 rings (SSSR count). The van der Waals surface area contributed by atoms with Gasteiger partial charge in [0.1, 0.15) is 0 Å². The molecule has 0 spiro atoms. The molecule has 138 valence electrons. The Bertz CT molecular complexity index is 597. The fourth-order valence-corrected chi connectivity index (χ4v) is 4.41.